The largest absolute Gasteiger partial charge is 0.312 e. The Kier molecular flexibility index (Phi) is 6.06. The van der Waals surface area contributed by atoms with Gasteiger partial charge in [-0.15, -0.1) is 0 Å². The van der Waals surface area contributed by atoms with E-state index in [-0.39, 0.29) is 6.17 Å². The number of aryl methyl sites for hydroxylation is 1. The summed E-state index contributed by atoms with van der Waals surface area (Å²) in [5.74, 6) is 0. The number of hydrogen-bond donors (Lipinski definition) is 2. The van der Waals surface area contributed by atoms with Gasteiger partial charge in [0.1, 0.15) is 0 Å². The number of nitrogens with zero attached hydrogens (tertiary/aromatic N) is 1. The molecule has 0 radical (unpaired) electrons. The van der Waals surface area contributed by atoms with E-state index in [0.29, 0.717) is 6.04 Å². The fourth-order valence-corrected chi connectivity index (χ4v) is 4.35. The first-order valence-electron chi connectivity index (χ1n) is 10.5. The lowest BCUT2D eigenvalue weighted by Crippen LogP contribution is -2.41. The molecule has 2 atom stereocenters. The minimum Gasteiger partial charge on any atom is -0.312 e. The molecule has 28 heavy (non-hydrogen) atoms. The van der Waals surface area contributed by atoms with Crippen molar-refractivity contribution >= 4 is 10.8 Å². The zero-order chi connectivity index (χ0) is 19.3. The number of piperidine rings is 1. The van der Waals surface area contributed by atoms with Crippen molar-refractivity contribution in [2.45, 2.75) is 38.4 Å². The summed E-state index contributed by atoms with van der Waals surface area (Å²) in [6.45, 7) is 5.34. The maximum Gasteiger partial charge on any atom is 0.0816 e. The van der Waals surface area contributed by atoms with Crippen LogP contribution < -0.4 is 11.1 Å². The highest BCUT2D eigenvalue weighted by molar-refractivity contribution is 5.86. The second-order valence-electron chi connectivity index (χ2n) is 7.98. The summed E-state index contributed by atoms with van der Waals surface area (Å²) in [5.41, 5.74) is 10.5. The molecule has 3 nitrogen and oxygen atoms in total. The first-order chi connectivity index (χ1) is 13.7. The molecule has 2 unspecified atom stereocenters. The molecule has 1 fully saturated rings. The van der Waals surface area contributed by atoms with Crippen LogP contribution in [0.25, 0.3) is 10.8 Å². The fourth-order valence-electron chi connectivity index (χ4n) is 4.35. The van der Waals surface area contributed by atoms with Gasteiger partial charge in [-0.2, -0.15) is 0 Å². The minimum atomic E-state index is -0.177. The smallest absolute Gasteiger partial charge is 0.0816 e. The Balaban J connectivity index is 1.54. The predicted octanol–water partition coefficient (Wildman–Crippen LogP) is 4.92. The lowest BCUT2D eigenvalue weighted by atomic mass is 9.99. The van der Waals surface area contributed by atoms with Crippen LogP contribution in [-0.2, 0) is 0 Å². The maximum atomic E-state index is 6.61. The van der Waals surface area contributed by atoms with Crippen LogP contribution >= 0.6 is 0 Å². The third-order valence-electron chi connectivity index (χ3n) is 5.98. The van der Waals surface area contributed by atoms with Crippen LogP contribution in [0.5, 0.6) is 0 Å². The number of rotatable bonds is 6. The summed E-state index contributed by atoms with van der Waals surface area (Å²) in [6, 6.07) is 24.2. The van der Waals surface area contributed by atoms with Crippen molar-refractivity contribution in [3.05, 3.63) is 83.4 Å². The summed E-state index contributed by atoms with van der Waals surface area (Å²) in [5, 5.41) is 6.11. The topological polar surface area (TPSA) is 41.3 Å². The fraction of sp³-hybridized carbons (Fsp3) is 0.360. The number of fused-ring (bicyclic) bond motifs is 1. The van der Waals surface area contributed by atoms with Crippen LogP contribution in [0.15, 0.2) is 66.7 Å². The van der Waals surface area contributed by atoms with Crippen molar-refractivity contribution in [1.29, 1.82) is 0 Å². The Morgan fingerprint density at radius 3 is 2.39 bits per heavy atom. The molecule has 4 rings (SSSR count). The Hall–Kier alpha value is -2.20. The Morgan fingerprint density at radius 2 is 1.61 bits per heavy atom. The van der Waals surface area contributed by atoms with E-state index in [1.807, 2.05) is 0 Å². The molecule has 146 valence electrons. The van der Waals surface area contributed by atoms with E-state index in [4.69, 9.17) is 5.73 Å². The molecule has 1 aliphatic heterocycles. The van der Waals surface area contributed by atoms with Crippen LogP contribution in [0.1, 0.15) is 48.2 Å². The standard InChI is InChI=1S/C25H31N3/c1-19-12-14-21(15-13-19)24(28-16-5-2-6-17-28)18-27-25(26)23-11-7-9-20-8-3-4-10-22(20)23/h3-4,7-15,24-25,27H,2,5-6,16-18,26H2,1H3. The molecule has 1 saturated heterocycles. The highest BCUT2D eigenvalue weighted by Crippen LogP contribution is 2.26. The number of benzene rings is 3. The van der Waals surface area contributed by atoms with Gasteiger partial charge in [0.2, 0.25) is 0 Å². The van der Waals surface area contributed by atoms with Crippen molar-refractivity contribution in [2.24, 2.45) is 5.73 Å². The van der Waals surface area contributed by atoms with E-state index in [9.17, 15) is 0 Å². The highest BCUT2D eigenvalue weighted by Gasteiger charge is 2.23. The van der Waals surface area contributed by atoms with Crippen LogP contribution in [0, 0.1) is 6.92 Å². The van der Waals surface area contributed by atoms with Gasteiger partial charge >= 0.3 is 0 Å². The molecule has 0 bridgehead atoms. The van der Waals surface area contributed by atoms with E-state index in [2.05, 4.69) is 83.9 Å². The van der Waals surface area contributed by atoms with Crippen molar-refractivity contribution < 1.29 is 0 Å². The van der Waals surface area contributed by atoms with Gasteiger partial charge < -0.3 is 5.73 Å². The molecule has 1 aliphatic rings. The minimum absolute atomic E-state index is 0.177. The predicted molar refractivity (Wildman–Crippen MR) is 118 cm³/mol. The number of nitrogens with one attached hydrogen (secondary N) is 1. The lowest BCUT2D eigenvalue weighted by molar-refractivity contribution is 0.157. The molecule has 3 heteroatoms. The van der Waals surface area contributed by atoms with Crippen molar-refractivity contribution in [2.75, 3.05) is 19.6 Å². The molecule has 0 saturated carbocycles. The summed E-state index contributed by atoms with van der Waals surface area (Å²) in [7, 11) is 0. The summed E-state index contributed by atoms with van der Waals surface area (Å²) < 4.78 is 0. The average Bonchev–Trinajstić information content (AvgIpc) is 2.75. The molecule has 0 amide bonds. The van der Waals surface area contributed by atoms with Gasteiger partial charge in [-0.05, 0) is 54.8 Å². The van der Waals surface area contributed by atoms with Gasteiger partial charge in [-0.1, -0.05) is 78.7 Å². The molecule has 3 aromatic carbocycles. The van der Waals surface area contributed by atoms with Crippen LogP contribution in [0.2, 0.25) is 0 Å². The number of likely N-dealkylation sites (tertiary alicyclic amines) is 1. The normalized spacial score (nSPS) is 17.5. The Bertz CT molecular complexity index is 892. The monoisotopic (exact) mass is 373 g/mol. The Labute approximate surface area is 168 Å². The lowest BCUT2D eigenvalue weighted by Gasteiger charge is -2.36. The van der Waals surface area contributed by atoms with Gasteiger partial charge in [0, 0.05) is 12.6 Å². The van der Waals surface area contributed by atoms with Gasteiger partial charge in [0.15, 0.2) is 0 Å². The van der Waals surface area contributed by atoms with E-state index in [1.54, 1.807) is 0 Å². The molecule has 3 aromatic rings. The van der Waals surface area contributed by atoms with Gasteiger partial charge in [-0.25, -0.2) is 0 Å². The average molecular weight is 374 g/mol. The van der Waals surface area contributed by atoms with Gasteiger partial charge in [0.25, 0.3) is 0 Å². The first-order valence-corrected chi connectivity index (χ1v) is 10.5. The quantitative estimate of drug-likeness (QED) is 0.603. The first kappa shape index (κ1) is 19.1. The van der Waals surface area contributed by atoms with Crippen molar-refractivity contribution in [3.63, 3.8) is 0 Å². The second kappa shape index (κ2) is 8.87. The molecule has 1 heterocycles. The maximum absolute atomic E-state index is 6.61. The third kappa shape index (κ3) is 4.27. The number of nitrogens with two attached hydrogens (primary N) is 1. The summed E-state index contributed by atoms with van der Waals surface area (Å²) >= 11 is 0. The van der Waals surface area contributed by atoms with Crippen molar-refractivity contribution in [3.8, 4) is 0 Å². The third-order valence-corrected chi connectivity index (χ3v) is 5.98. The Morgan fingerprint density at radius 1 is 0.893 bits per heavy atom. The molecular weight excluding hydrogens is 342 g/mol. The van der Waals surface area contributed by atoms with Crippen LogP contribution in [0.3, 0.4) is 0 Å². The van der Waals surface area contributed by atoms with Crippen LogP contribution in [-0.4, -0.2) is 24.5 Å². The molecule has 0 aromatic heterocycles. The zero-order valence-electron chi connectivity index (χ0n) is 16.8. The molecule has 0 spiro atoms. The summed E-state index contributed by atoms with van der Waals surface area (Å²) in [4.78, 5) is 2.62. The number of hydrogen-bond acceptors (Lipinski definition) is 3. The second-order valence-corrected chi connectivity index (χ2v) is 7.98. The van der Waals surface area contributed by atoms with E-state index < -0.39 is 0 Å². The van der Waals surface area contributed by atoms with E-state index in [0.717, 1.165) is 6.54 Å². The SMILES string of the molecule is Cc1ccc(C(CNC(N)c2cccc3ccccc23)N2CCCCC2)cc1. The molecule has 3 N–H and O–H groups in total. The van der Waals surface area contributed by atoms with Gasteiger partial charge in [0.05, 0.1) is 6.17 Å². The highest BCUT2D eigenvalue weighted by atomic mass is 15.2. The van der Waals surface area contributed by atoms with Crippen LogP contribution in [0.4, 0.5) is 0 Å². The summed E-state index contributed by atoms with van der Waals surface area (Å²) in [6.07, 6.45) is 3.75. The van der Waals surface area contributed by atoms with E-state index >= 15 is 0 Å². The zero-order valence-corrected chi connectivity index (χ0v) is 16.8. The van der Waals surface area contributed by atoms with Gasteiger partial charge in [-0.3, -0.25) is 10.2 Å². The molecular formula is C25H31N3. The van der Waals surface area contributed by atoms with E-state index in [1.165, 1.54) is 59.8 Å². The van der Waals surface area contributed by atoms with Crippen molar-refractivity contribution in [1.82, 2.24) is 10.2 Å². The molecule has 0 aliphatic carbocycles.